The van der Waals surface area contributed by atoms with E-state index in [0.29, 0.717) is 11.6 Å². The number of aromatic nitrogens is 1. The molecule has 0 spiro atoms. The molecule has 1 atom stereocenters. The van der Waals surface area contributed by atoms with Crippen LogP contribution in [0.5, 0.6) is 5.75 Å². The lowest BCUT2D eigenvalue weighted by Crippen LogP contribution is -2.43. The number of fused-ring (bicyclic) bond motifs is 1. The molecule has 14 heteroatoms. The summed E-state index contributed by atoms with van der Waals surface area (Å²) < 4.78 is 42.3. The van der Waals surface area contributed by atoms with Crippen molar-refractivity contribution in [3.05, 3.63) is 12.1 Å². The molecule has 1 aromatic heterocycles. The number of nitrogens with zero attached hydrogens (tertiary/aromatic N) is 2. The Kier molecular flexibility index (Phi) is 6.48. The molecular weight excluding hydrogens is 405 g/mol. The largest absolute Gasteiger partial charge is 0.490 e. The van der Waals surface area contributed by atoms with Crippen LogP contribution in [0.2, 0.25) is 0 Å². The number of ether oxygens (including phenoxy) is 2. The van der Waals surface area contributed by atoms with Gasteiger partial charge >= 0.3 is 18.2 Å². The Morgan fingerprint density at radius 1 is 1.38 bits per heavy atom. The van der Waals surface area contributed by atoms with Crippen molar-refractivity contribution in [2.45, 2.75) is 18.2 Å². The molecule has 1 aromatic rings. The molecule has 2 amide bonds. The van der Waals surface area contributed by atoms with Crippen molar-refractivity contribution in [2.24, 2.45) is 5.73 Å². The summed E-state index contributed by atoms with van der Waals surface area (Å²) in [5, 5.41) is 18.8. The molecule has 0 radical (unpaired) electrons. The molecule has 2 aliphatic rings. The van der Waals surface area contributed by atoms with E-state index in [9.17, 15) is 22.8 Å². The highest BCUT2D eigenvalue weighted by Crippen LogP contribution is 2.33. The Morgan fingerprint density at radius 2 is 2.03 bits per heavy atom. The molecule has 3 heterocycles. The van der Waals surface area contributed by atoms with Crippen LogP contribution in [0, 0.1) is 0 Å². The van der Waals surface area contributed by atoms with Gasteiger partial charge in [0.15, 0.2) is 18.2 Å². The number of pyridine rings is 1. The maximum atomic E-state index is 12.1. The third-order valence-electron chi connectivity index (χ3n) is 3.89. The van der Waals surface area contributed by atoms with Gasteiger partial charge in [-0.1, -0.05) is 0 Å². The Hall–Kier alpha value is -3.13. The third-order valence-corrected chi connectivity index (χ3v) is 3.89. The first-order valence-corrected chi connectivity index (χ1v) is 8.06. The molecule has 160 valence electrons. The molecule has 5 N–H and O–H groups in total. The number of aliphatic carboxylic acids is 1. The van der Waals surface area contributed by atoms with E-state index in [2.05, 4.69) is 10.3 Å². The van der Waals surface area contributed by atoms with Crippen LogP contribution in [0.25, 0.3) is 0 Å². The molecule has 1 saturated heterocycles. The summed E-state index contributed by atoms with van der Waals surface area (Å²) in [4.78, 5) is 37.8. The van der Waals surface area contributed by atoms with E-state index < -0.39 is 23.8 Å². The number of anilines is 2. The minimum absolute atomic E-state index is 0.0629. The fourth-order valence-electron chi connectivity index (χ4n) is 2.45. The van der Waals surface area contributed by atoms with E-state index in [-0.39, 0.29) is 44.4 Å². The van der Waals surface area contributed by atoms with E-state index in [1.807, 2.05) is 0 Å². The number of aliphatic hydroxyl groups excluding tert-OH is 1. The van der Waals surface area contributed by atoms with E-state index in [4.69, 9.17) is 30.2 Å². The first-order valence-electron chi connectivity index (χ1n) is 8.06. The molecular formula is C15H17F3N4O7. The summed E-state index contributed by atoms with van der Waals surface area (Å²) in [6.07, 6.45) is -5.43. The van der Waals surface area contributed by atoms with Crippen LogP contribution in [0.3, 0.4) is 0 Å². The highest BCUT2D eigenvalue weighted by molar-refractivity contribution is 5.95. The van der Waals surface area contributed by atoms with Crippen LogP contribution in [0.1, 0.15) is 6.42 Å². The Bertz CT molecular complexity index is 805. The van der Waals surface area contributed by atoms with Gasteiger partial charge in [-0.3, -0.25) is 9.69 Å². The van der Waals surface area contributed by atoms with Crippen molar-refractivity contribution in [3.8, 4) is 5.75 Å². The highest BCUT2D eigenvalue weighted by Gasteiger charge is 2.45. The Morgan fingerprint density at radius 3 is 2.59 bits per heavy atom. The number of nitrogens with one attached hydrogen (secondary N) is 1. The monoisotopic (exact) mass is 422 g/mol. The number of amides is 2. The molecule has 2 aliphatic heterocycles. The molecule has 0 aliphatic carbocycles. The van der Waals surface area contributed by atoms with Gasteiger partial charge in [0.1, 0.15) is 11.4 Å². The predicted molar refractivity (Wildman–Crippen MR) is 89.4 cm³/mol. The minimum atomic E-state index is -5.08. The van der Waals surface area contributed by atoms with Crippen LogP contribution in [0.4, 0.5) is 29.6 Å². The second kappa shape index (κ2) is 8.48. The molecule has 1 unspecified atom stereocenters. The topological polar surface area (TPSA) is 164 Å². The van der Waals surface area contributed by atoms with Gasteiger partial charge in [-0.15, -0.1) is 0 Å². The summed E-state index contributed by atoms with van der Waals surface area (Å²) in [5.74, 6) is -2.04. The number of nitrogens with two attached hydrogens (primary N) is 1. The van der Waals surface area contributed by atoms with Crippen molar-refractivity contribution >= 4 is 29.6 Å². The van der Waals surface area contributed by atoms with Crippen molar-refractivity contribution in [1.29, 1.82) is 0 Å². The summed E-state index contributed by atoms with van der Waals surface area (Å²) in [5.41, 5.74) is 4.75. The quantitative estimate of drug-likeness (QED) is 0.526. The summed E-state index contributed by atoms with van der Waals surface area (Å²) in [6, 6.07) is 3.22. The molecule has 1 fully saturated rings. The van der Waals surface area contributed by atoms with Crippen LogP contribution in [-0.4, -0.2) is 71.2 Å². The zero-order valence-corrected chi connectivity index (χ0v) is 14.7. The lowest BCUT2D eigenvalue weighted by molar-refractivity contribution is -0.192. The molecule has 3 rings (SSSR count). The lowest BCUT2D eigenvalue weighted by atomic mass is 10.0. The van der Waals surface area contributed by atoms with Gasteiger partial charge < -0.3 is 30.7 Å². The number of cyclic esters (lactones) is 1. The number of alkyl halides is 3. The first kappa shape index (κ1) is 22.2. The Balaban J connectivity index is 0.000000370. The Labute approximate surface area is 161 Å². The molecule has 0 aromatic carbocycles. The number of carbonyl (C=O) groups excluding carboxylic acids is 2. The molecule has 11 nitrogen and oxygen atoms in total. The number of hydrogen-bond acceptors (Lipinski definition) is 8. The van der Waals surface area contributed by atoms with Crippen LogP contribution >= 0.6 is 0 Å². The number of carboxylic acid groups (broad SMARTS) is 1. The number of carboxylic acids is 1. The highest BCUT2D eigenvalue weighted by atomic mass is 19.4. The van der Waals surface area contributed by atoms with Crippen molar-refractivity contribution in [2.75, 3.05) is 36.5 Å². The van der Waals surface area contributed by atoms with Crippen LogP contribution < -0.4 is 20.7 Å². The summed E-state index contributed by atoms with van der Waals surface area (Å²) in [6.45, 7) is 0.0798. The van der Waals surface area contributed by atoms with E-state index >= 15 is 0 Å². The van der Waals surface area contributed by atoms with Crippen LogP contribution in [-0.2, 0) is 14.3 Å². The number of hydrogen-bond donors (Lipinski definition) is 4. The van der Waals surface area contributed by atoms with Crippen LogP contribution in [0.15, 0.2) is 12.1 Å². The van der Waals surface area contributed by atoms with Gasteiger partial charge in [-0.05, 0) is 12.1 Å². The van der Waals surface area contributed by atoms with Crippen molar-refractivity contribution in [1.82, 2.24) is 4.98 Å². The fourth-order valence-corrected chi connectivity index (χ4v) is 2.45. The van der Waals surface area contributed by atoms with Gasteiger partial charge in [0, 0.05) is 19.6 Å². The maximum Gasteiger partial charge on any atom is 0.490 e. The molecule has 0 bridgehead atoms. The average Bonchev–Trinajstić information content (AvgIpc) is 2.98. The molecule has 29 heavy (non-hydrogen) atoms. The van der Waals surface area contributed by atoms with Gasteiger partial charge in [0.25, 0.3) is 5.91 Å². The van der Waals surface area contributed by atoms with E-state index in [0.717, 1.165) is 0 Å². The standard InChI is InChI=1S/C13H16N4O5.C2HF3O2/c14-6-13(3-4-18)7-17(12(20)22-13)9-2-1-8-11(15-9)16-10(19)5-21-8;3-2(4,5)1(6)7/h1-2,18H,3-7,14H2,(H,15,16,19);(H,6,7). The van der Waals surface area contributed by atoms with Gasteiger partial charge in [0.2, 0.25) is 0 Å². The zero-order valence-electron chi connectivity index (χ0n) is 14.7. The van der Waals surface area contributed by atoms with Gasteiger partial charge in [-0.25, -0.2) is 14.6 Å². The number of carbonyl (C=O) groups is 3. The van der Waals surface area contributed by atoms with Crippen molar-refractivity contribution in [3.63, 3.8) is 0 Å². The smallest absolute Gasteiger partial charge is 0.480 e. The fraction of sp³-hybridized carbons (Fsp3) is 0.467. The van der Waals surface area contributed by atoms with Gasteiger partial charge in [0.05, 0.1) is 6.54 Å². The van der Waals surface area contributed by atoms with E-state index in [1.54, 1.807) is 12.1 Å². The predicted octanol–water partition coefficient (Wildman–Crippen LogP) is 0.0823. The van der Waals surface area contributed by atoms with Gasteiger partial charge in [-0.2, -0.15) is 13.2 Å². The number of halogens is 3. The second-order valence-corrected chi connectivity index (χ2v) is 5.97. The normalized spacial score (nSPS) is 20.7. The number of rotatable bonds is 4. The second-order valence-electron chi connectivity index (χ2n) is 5.97. The SMILES string of the molecule is NCC1(CCO)CN(c2ccc3c(n2)NC(=O)CO3)C(=O)O1.O=C(O)C(F)(F)F. The van der Waals surface area contributed by atoms with E-state index in [1.165, 1.54) is 4.90 Å². The zero-order chi connectivity index (χ0) is 21.8. The summed E-state index contributed by atoms with van der Waals surface area (Å²) in [7, 11) is 0. The minimum Gasteiger partial charge on any atom is -0.480 e. The lowest BCUT2D eigenvalue weighted by Gasteiger charge is -2.24. The number of aliphatic hydroxyl groups is 1. The van der Waals surface area contributed by atoms with Crippen molar-refractivity contribution < 1.29 is 47.2 Å². The molecule has 0 saturated carbocycles. The summed E-state index contributed by atoms with van der Waals surface area (Å²) >= 11 is 0. The third kappa shape index (κ3) is 5.23. The maximum absolute atomic E-state index is 12.1. The first-order chi connectivity index (χ1) is 13.5. The average molecular weight is 422 g/mol.